The first-order valence-electron chi connectivity index (χ1n) is 32.9. The fourth-order valence-corrected chi connectivity index (χ4v) is 12.0. The number of carbonyl (C=O) groups is 2. The minimum Gasteiger partial charge on any atom is -0.478 e. The largest absolute Gasteiger partial charge is 0.478 e. The lowest BCUT2D eigenvalue weighted by molar-refractivity contribution is -0.143. The molecule has 518 valence electrons. The molecule has 4 aliphatic rings. The van der Waals surface area contributed by atoms with E-state index >= 15 is 0 Å². The van der Waals surface area contributed by atoms with Crippen molar-refractivity contribution in [3.63, 3.8) is 0 Å². The van der Waals surface area contributed by atoms with Gasteiger partial charge in [0.05, 0.1) is 56.9 Å². The fraction of sp³-hybridized carbons (Fsp3) is 0.514. The van der Waals surface area contributed by atoms with E-state index in [0.29, 0.717) is 64.0 Å². The summed E-state index contributed by atoms with van der Waals surface area (Å²) >= 11 is 0. The summed E-state index contributed by atoms with van der Waals surface area (Å²) in [5.74, 6) is 2.12. The fourth-order valence-electron chi connectivity index (χ4n) is 12.0. The van der Waals surface area contributed by atoms with E-state index in [4.69, 9.17) is 24.9 Å². The standard InChI is InChI=1S/C36H41F6N7O2.C34H40F3N7O2/c1-6-51-32(50)26-15-43-33(44-16-26)48(19-24-11-27(35(37,38)39)14-28(12-24)36(40,41)42)20-25-13-29-21(2)46-49(34(3,4)5)31(29)45-30(25)47(17-22-7-8-22)18-23-9-10-23;1-20-10-24(12-27(11-20)34(35,36)37)18-43(32-38-14-26(15-39-32)31(45)46)19-25-13-28-21(2)41-44(33(3,4)5)30(28)40-29(25)42(16-22-6-7-22)17-23-8-9-23/h11-16,22-23H,6-10,17-20H2,1-5H3;10-15,22-23H,6-9,16-19H2,1-5H3,(H,45,46). The van der Waals surface area contributed by atoms with Crippen LogP contribution in [0.25, 0.3) is 22.1 Å². The summed E-state index contributed by atoms with van der Waals surface area (Å²) in [6.45, 7) is 22.8. The Hall–Kier alpha value is -8.65. The number of pyridine rings is 2. The molecule has 0 unspecified atom stereocenters. The van der Waals surface area contributed by atoms with Gasteiger partial charge in [-0.3, -0.25) is 0 Å². The number of halogens is 9. The molecule has 8 aromatic rings. The molecule has 0 amide bonds. The van der Waals surface area contributed by atoms with Crippen molar-refractivity contribution in [2.24, 2.45) is 23.7 Å². The molecule has 4 aliphatic carbocycles. The van der Waals surface area contributed by atoms with Gasteiger partial charge in [-0.25, -0.2) is 48.9 Å². The second-order valence-electron chi connectivity index (χ2n) is 28.5. The number of esters is 1. The Labute approximate surface area is 556 Å². The van der Waals surface area contributed by atoms with E-state index in [1.165, 1.54) is 55.4 Å². The van der Waals surface area contributed by atoms with Crippen molar-refractivity contribution in [3.8, 4) is 0 Å². The molecule has 4 saturated carbocycles. The van der Waals surface area contributed by atoms with Crippen molar-refractivity contribution >= 4 is 57.5 Å². The summed E-state index contributed by atoms with van der Waals surface area (Å²) in [6.07, 6.45) is -0.495. The first kappa shape index (κ1) is 69.7. The summed E-state index contributed by atoms with van der Waals surface area (Å²) in [5.41, 5.74) is 1.04. The van der Waals surface area contributed by atoms with Crippen molar-refractivity contribution in [1.82, 2.24) is 49.5 Å². The van der Waals surface area contributed by atoms with Crippen LogP contribution in [0.15, 0.2) is 73.3 Å². The summed E-state index contributed by atoms with van der Waals surface area (Å²) in [5, 5.41) is 20.8. The molecular weight excluding hydrogens is 1270 g/mol. The topological polar surface area (TPSA) is 190 Å². The number of carboxylic acid groups (broad SMARTS) is 1. The molecule has 1 N–H and O–H groups in total. The van der Waals surface area contributed by atoms with Gasteiger partial charge >= 0.3 is 30.5 Å². The third kappa shape index (κ3) is 17.2. The zero-order chi connectivity index (χ0) is 69.8. The lowest BCUT2D eigenvalue weighted by Crippen LogP contribution is -2.32. The number of alkyl halides is 9. The Morgan fingerprint density at radius 3 is 1.18 bits per heavy atom. The number of carbonyl (C=O) groups excluding carboxylic acids is 1. The number of benzene rings is 2. The lowest BCUT2D eigenvalue weighted by atomic mass is 10.0. The monoisotopic (exact) mass is 1350 g/mol. The molecular formula is C70H81F9N14O4. The normalized spacial score (nSPS) is 15.4. The van der Waals surface area contributed by atoms with E-state index in [-0.39, 0.29) is 66.4 Å². The summed E-state index contributed by atoms with van der Waals surface area (Å²) in [6, 6.07) is 9.59. The minimum atomic E-state index is -5.02. The highest BCUT2D eigenvalue weighted by Gasteiger charge is 2.39. The molecule has 0 bridgehead atoms. The molecule has 0 radical (unpaired) electrons. The molecule has 0 aliphatic heterocycles. The van der Waals surface area contributed by atoms with Crippen molar-refractivity contribution in [2.75, 3.05) is 52.4 Å². The van der Waals surface area contributed by atoms with Gasteiger partial charge < -0.3 is 29.4 Å². The average molecular weight is 1350 g/mol. The molecule has 6 heterocycles. The number of aromatic carboxylic acids is 1. The predicted octanol–water partition coefficient (Wildman–Crippen LogP) is 15.5. The smallest absolute Gasteiger partial charge is 0.416 e. The van der Waals surface area contributed by atoms with E-state index in [1.54, 1.807) is 24.8 Å². The highest BCUT2D eigenvalue weighted by molar-refractivity contribution is 5.89. The second-order valence-corrected chi connectivity index (χ2v) is 28.5. The Balaban J connectivity index is 0.000000198. The third-order valence-corrected chi connectivity index (χ3v) is 17.6. The lowest BCUT2D eigenvalue weighted by Gasteiger charge is -2.30. The van der Waals surface area contributed by atoms with Gasteiger partial charge in [0.2, 0.25) is 11.9 Å². The number of aryl methyl sites for hydroxylation is 3. The van der Waals surface area contributed by atoms with E-state index in [9.17, 15) is 54.2 Å². The highest BCUT2D eigenvalue weighted by Crippen LogP contribution is 2.43. The number of ether oxygens (including phenoxy) is 1. The predicted molar refractivity (Wildman–Crippen MR) is 349 cm³/mol. The van der Waals surface area contributed by atoms with Crippen molar-refractivity contribution < 1.29 is 58.9 Å². The van der Waals surface area contributed by atoms with Gasteiger partial charge in [0.15, 0.2) is 11.3 Å². The molecule has 0 saturated heterocycles. The first-order chi connectivity index (χ1) is 45.6. The van der Waals surface area contributed by atoms with Gasteiger partial charge in [-0.2, -0.15) is 49.7 Å². The Bertz CT molecular complexity index is 4120. The highest BCUT2D eigenvalue weighted by atomic mass is 19.4. The Morgan fingerprint density at radius 1 is 0.495 bits per heavy atom. The van der Waals surface area contributed by atoms with Gasteiger partial charge in [0, 0.05) is 99.0 Å². The van der Waals surface area contributed by atoms with E-state index in [0.717, 1.165) is 103 Å². The quantitative estimate of drug-likeness (QED) is 0.0470. The molecule has 12 rings (SSSR count). The number of hydrogen-bond donors (Lipinski definition) is 1. The molecule has 2 aromatic carbocycles. The van der Waals surface area contributed by atoms with Crippen molar-refractivity contribution in [3.05, 3.63) is 140 Å². The molecule has 6 aromatic heterocycles. The van der Waals surface area contributed by atoms with Crippen LogP contribution in [0, 0.1) is 44.4 Å². The van der Waals surface area contributed by atoms with Crippen LogP contribution < -0.4 is 19.6 Å². The van der Waals surface area contributed by atoms with Gasteiger partial charge in [-0.15, -0.1) is 0 Å². The minimum absolute atomic E-state index is 0.00175. The number of carboxylic acids is 1. The van der Waals surface area contributed by atoms with Crippen molar-refractivity contribution in [2.45, 2.75) is 176 Å². The molecule has 18 nitrogen and oxygen atoms in total. The maximum Gasteiger partial charge on any atom is 0.416 e. The molecule has 0 atom stereocenters. The van der Waals surface area contributed by atoms with Crippen molar-refractivity contribution in [1.29, 1.82) is 0 Å². The zero-order valence-electron chi connectivity index (χ0n) is 56.1. The Morgan fingerprint density at radius 2 is 0.845 bits per heavy atom. The van der Waals surface area contributed by atoms with Crippen LogP contribution in [0.3, 0.4) is 0 Å². The second kappa shape index (κ2) is 27.0. The molecule has 0 spiro atoms. The van der Waals surface area contributed by atoms with Gasteiger partial charge in [0.25, 0.3) is 0 Å². The van der Waals surface area contributed by atoms with Crippen LogP contribution in [0.1, 0.15) is 176 Å². The number of hydrogen-bond acceptors (Lipinski definition) is 15. The van der Waals surface area contributed by atoms with Crippen LogP contribution in [-0.4, -0.2) is 99.3 Å². The number of aromatic nitrogens is 10. The third-order valence-electron chi connectivity index (χ3n) is 17.6. The summed E-state index contributed by atoms with van der Waals surface area (Å²) in [4.78, 5) is 59.8. The maximum atomic E-state index is 13.9. The number of nitrogens with zero attached hydrogens (tertiary/aromatic N) is 14. The summed E-state index contributed by atoms with van der Waals surface area (Å²) in [7, 11) is 0. The van der Waals surface area contributed by atoms with E-state index in [1.807, 2.05) is 50.0 Å². The van der Waals surface area contributed by atoms with Crippen LogP contribution in [0.5, 0.6) is 0 Å². The van der Waals surface area contributed by atoms with E-state index < -0.39 is 59.2 Å². The van der Waals surface area contributed by atoms with E-state index in [2.05, 4.69) is 56.6 Å². The molecule has 27 heteroatoms. The van der Waals surface area contributed by atoms with Crippen LogP contribution >= 0.6 is 0 Å². The molecule has 4 fully saturated rings. The average Bonchev–Trinajstić information content (AvgIpc) is 1.63. The molecule has 97 heavy (non-hydrogen) atoms. The number of rotatable bonds is 23. The SMILES string of the molecule is CCOC(=O)c1cnc(N(Cc2cc(C(F)(F)F)cc(C(F)(F)F)c2)Cc2cc3c(C)nn(C(C)(C)C)c3nc2N(CC2CC2)CC2CC2)nc1.Cc1cc(CN(Cc2cc3c(C)nn(C(C)(C)C)c3nc2N(CC2CC2)CC2CC2)c2ncc(C(=O)O)cn2)cc(C(F)(F)F)c1. The van der Waals surface area contributed by atoms with Crippen LogP contribution in [-0.2, 0) is 60.5 Å². The number of fused-ring (bicyclic) bond motifs is 2. The van der Waals surface area contributed by atoms with Gasteiger partial charge in [-0.05, 0) is 198 Å². The van der Waals surface area contributed by atoms with Crippen LogP contribution in [0.4, 0.5) is 63.0 Å². The Kier molecular flexibility index (Phi) is 19.4. The number of anilines is 4. The van der Waals surface area contributed by atoms with Crippen LogP contribution in [0.2, 0.25) is 0 Å². The summed E-state index contributed by atoms with van der Waals surface area (Å²) < 4.78 is 134. The first-order valence-corrected chi connectivity index (χ1v) is 32.9. The maximum absolute atomic E-state index is 13.9. The zero-order valence-corrected chi connectivity index (χ0v) is 56.1. The van der Waals surface area contributed by atoms with Gasteiger partial charge in [-0.1, -0.05) is 11.6 Å². The van der Waals surface area contributed by atoms with Gasteiger partial charge in [0.1, 0.15) is 11.6 Å².